The van der Waals surface area contributed by atoms with Crippen LogP contribution in [0.15, 0.2) is 16.7 Å². The quantitative estimate of drug-likeness (QED) is 0.706. The maximum Gasteiger partial charge on any atom is 0.0472 e. The fraction of sp³-hybridized carbons (Fsp3) is 0.375. The molecule has 1 aliphatic rings. The summed E-state index contributed by atoms with van der Waals surface area (Å²) in [7, 11) is 0. The summed E-state index contributed by atoms with van der Waals surface area (Å²) in [4.78, 5) is 4.31. The zero-order valence-corrected chi connectivity index (χ0v) is 7.69. The fourth-order valence-corrected chi connectivity index (χ4v) is 1.82. The standard InChI is InChI=1S/C8H9BrN2/c9-7-1-4-11-8-2-3-10-5-6(7)8/h1,4,10H,2-3,5H2. The molecule has 0 bridgehead atoms. The molecule has 0 amide bonds. The molecule has 0 radical (unpaired) electrons. The molecule has 0 saturated carbocycles. The smallest absolute Gasteiger partial charge is 0.0472 e. The number of rotatable bonds is 0. The van der Waals surface area contributed by atoms with Crippen LogP contribution in [0.2, 0.25) is 0 Å². The van der Waals surface area contributed by atoms with Gasteiger partial charge in [-0.15, -0.1) is 0 Å². The molecule has 0 aromatic carbocycles. The molecule has 1 N–H and O–H groups in total. The molecule has 1 aromatic rings. The summed E-state index contributed by atoms with van der Waals surface area (Å²) in [5.74, 6) is 0. The summed E-state index contributed by atoms with van der Waals surface area (Å²) < 4.78 is 1.18. The lowest BCUT2D eigenvalue weighted by Crippen LogP contribution is -2.24. The normalized spacial score (nSPS) is 16.1. The maximum atomic E-state index is 4.31. The van der Waals surface area contributed by atoms with Crippen LogP contribution in [-0.2, 0) is 13.0 Å². The molecule has 0 unspecified atom stereocenters. The molecule has 0 atom stereocenters. The van der Waals surface area contributed by atoms with E-state index in [4.69, 9.17) is 0 Å². The van der Waals surface area contributed by atoms with Gasteiger partial charge in [-0.05, 0) is 6.07 Å². The van der Waals surface area contributed by atoms with Gasteiger partial charge in [-0.2, -0.15) is 0 Å². The summed E-state index contributed by atoms with van der Waals surface area (Å²) >= 11 is 3.50. The average molecular weight is 213 g/mol. The Balaban J connectivity index is 2.49. The first-order chi connectivity index (χ1) is 5.38. The Kier molecular flexibility index (Phi) is 1.92. The summed E-state index contributed by atoms with van der Waals surface area (Å²) in [5.41, 5.74) is 2.55. The largest absolute Gasteiger partial charge is 0.312 e. The van der Waals surface area contributed by atoms with E-state index in [2.05, 4.69) is 26.2 Å². The molecule has 0 saturated heterocycles. The second-order valence-electron chi connectivity index (χ2n) is 2.64. The highest BCUT2D eigenvalue weighted by molar-refractivity contribution is 9.10. The van der Waals surface area contributed by atoms with Gasteiger partial charge in [-0.3, -0.25) is 4.98 Å². The van der Waals surface area contributed by atoms with Crippen molar-refractivity contribution in [3.05, 3.63) is 28.0 Å². The van der Waals surface area contributed by atoms with E-state index in [1.165, 1.54) is 15.7 Å². The van der Waals surface area contributed by atoms with E-state index < -0.39 is 0 Å². The molecule has 2 rings (SSSR count). The highest BCUT2D eigenvalue weighted by Gasteiger charge is 2.11. The molecule has 58 valence electrons. The molecule has 3 heteroatoms. The SMILES string of the molecule is Brc1ccnc2c1CNCC2. The van der Waals surface area contributed by atoms with E-state index in [-0.39, 0.29) is 0 Å². The van der Waals surface area contributed by atoms with Gasteiger partial charge in [0.05, 0.1) is 0 Å². The third-order valence-corrected chi connectivity index (χ3v) is 2.67. The molecule has 0 aliphatic carbocycles. The minimum atomic E-state index is 0.948. The second kappa shape index (κ2) is 2.91. The van der Waals surface area contributed by atoms with Crippen molar-refractivity contribution in [1.29, 1.82) is 0 Å². The lowest BCUT2D eigenvalue weighted by atomic mass is 10.1. The van der Waals surface area contributed by atoms with Crippen LogP contribution in [0.25, 0.3) is 0 Å². The van der Waals surface area contributed by atoms with Gasteiger partial charge >= 0.3 is 0 Å². The summed E-state index contributed by atoms with van der Waals surface area (Å²) in [5, 5.41) is 3.31. The van der Waals surface area contributed by atoms with E-state index in [1.807, 2.05) is 12.3 Å². The van der Waals surface area contributed by atoms with Gasteiger partial charge in [0.15, 0.2) is 0 Å². The van der Waals surface area contributed by atoms with E-state index in [0.29, 0.717) is 0 Å². The lowest BCUT2D eigenvalue weighted by molar-refractivity contribution is 0.628. The molecular formula is C8H9BrN2. The van der Waals surface area contributed by atoms with Gasteiger partial charge < -0.3 is 5.32 Å². The Morgan fingerprint density at radius 2 is 2.45 bits per heavy atom. The minimum Gasteiger partial charge on any atom is -0.312 e. The zero-order chi connectivity index (χ0) is 7.68. The van der Waals surface area contributed by atoms with E-state index >= 15 is 0 Å². The average Bonchev–Trinajstić information content (AvgIpc) is 2.06. The zero-order valence-electron chi connectivity index (χ0n) is 6.10. The predicted octanol–water partition coefficient (Wildman–Crippen LogP) is 1.49. The van der Waals surface area contributed by atoms with Gasteiger partial charge in [0.2, 0.25) is 0 Å². The van der Waals surface area contributed by atoms with Crippen LogP contribution in [-0.4, -0.2) is 11.5 Å². The Hall–Kier alpha value is -0.410. The third-order valence-electron chi connectivity index (χ3n) is 1.93. The van der Waals surface area contributed by atoms with Crippen LogP contribution < -0.4 is 5.32 Å². The van der Waals surface area contributed by atoms with Crippen molar-refractivity contribution in [2.45, 2.75) is 13.0 Å². The number of aromatic nitrogens is 1. The highest BCUT2D eigenvalue weighted by Crippen LogP contribution is 2.20. The van der Waals surface area contributed by atoms with E-state index in [0.717, 1.165) is 19.5 Å². The van der Waals surface area contributed by atoms with Gasteiger partial charge in [0.1, 0.15) is 0 Å². The third kappa shape index (κ3) is 1.30. The minimum absolute atomic E-state index is 0.948. The maximum absolute atomic E-state index is 4.31. The highest BCUT2D eigenvalue weighted by atomic mass is 79.9. The first kappa shape index (κ1) is 7.25. The van der Waals surface area contributed by atoms with Gasteiger partial charge in [-0.25, -0.2) is 0 Å². The molecule has 0 fully saturated rings. The van der Waals surface area contributed by atoms with Crippen molar-refractivity contribution in [1.82, 2.24) is 10.3 Å². The monoisotopic (exact) mass is 212 g/mol. The molecule has 2 heterocycles. The number of hydrogen-bond acceptors (Lipinski definition) is 2. The van der Waals surface area contributed by atoms with Crippen LogP contribution in [0.1, 0.15) is 11.3 Å². The first-order valence-corrected chi connectivity index (χ1v) is 4.50. The van der Waals surface area contributed by atoms with Crippen molar-refractivity contribution in [2.75, 3.05) is 6.54 Å². The Morgan fingerprint density at radius 3 is 3.27 bits per heavy atom. The van der Waals surface area contributed by atoms with Gasteiger partial charge in [0, 0.05) is 41.4 Å². The van der Waals surface area contributed by atoms with Crippen molar-refractivity contribution in [3.63, 3.8) is 0 Å². The van der Waals surface area contributed by atoms with Crippen LogP contribution in [0.4, 0.5) is 0 Å². The molecule has 11 heavy (non-hydrogen) atoms. The molecule has 2 nitrogen and oxygen atoms in total. The van der Waals surface area contributed by atoms with Crippen LogP contribution >= 0.6 is 15.9 Å². The van der Waals surface area contributed by atoms with Crippen LogP contribution in [0, 0.1) is 0 Å². The lowest BCUT2D eigenvalue weighted by Gasteiger charge is -2.16. The van der Waals surface area contributed by atoms with Gasteiger partial charge in [-0.1, -0.05) is 15.9 Å². The van der Waals surface area contributed by atoms with E-state index in [1.54, 1.807) is 0 Å². The van der Waals surface area contributed by atoms with Crippen molar-refractivity contribution < 1.29 is 0 Å². The second-order valence-corrected chi connectivity index (χ2v) is 3.50. The summed E-state index contributed by atoms with van der Waals surface area (Å²) in [6.45, 7) is 2.00. The Bertz CT molecular complexity index is 273. The fourth-order valence-electron chi connectivity index (χ4n) is 1.33. The molecule has 0 spiro atoms. The number of nitrogens with zero attached hydrogens (tertiary/aromatic N) is 1. The number of pyridine rings is 1. The number of fused-ring (bicyclic) bond motifs is 1. The topological polar surface area (TPSA) is 24.9 Å². The van der Waals surface area contributed by atoms with Crippen LogP contribution in [0.5, 0.6) is 0 Å². The molecule has 1 aromatic heterocycles. The van der Waals surface area contributed by atoms with Crippen molar-refractivity contribution in [3.8, 4) is 0 Å². The first-order valence-electron chi connectivity index (χ1n) is 3.71. The van der Waals surface area contributed by atoms with Crippen molar-refractivity contribution in [2.24, 2.45) is 0 Å². The summed E-state index contributed by atoms with van der Waals surface area (Å²) in [6, 6.07) is 1.99. The number of halogens is 1. The van der Waals surface area contributed by atoms with E-state index in [9.17, 15) is 0 Å². The number of nitrogens with one attached hydrogen (secondary N) is 1. The summed E-state index contributed by atoms with van der Waals surface area (Å²) in [6.07, 6.45) is 2.91. The molecular weight excluding hydrogens is 204 g/mol. The Labute approximate surface area is 74.2 Å². The van der Waals surface area contributed by atoms with Gasteiger partial charge in [0.25, 0.3) is 0 Å². The van der Waals surface area contributed by atoms with Crippen molar-refractivity contribution >= 4 is 15.9 Å². The Morgan fingerprint density at radius 1 is 1.55 bits per heavy atom. The molecule has 1 aliphatic heterocycles. The van der Waals surface area contributed by atoms with Crippen LogP contribution in [0.3, 0.4) is 0 Å². The predicted molar refractivity (Wildman–Crippen MR) is 47.3 cm³/mol. The number of hydrogen-bond donors (Lipinski definition) is 1.